The van der Waals surface area contributed by atoms with Crippen molar-refractivity contribution in [3.05, 3.63) is 170 Å². The zero-order valence-electron chi connectivity index (χ0n) is 27.4. The van der Waals surface area contributed by atoms with E-state index in [1.807, 2.05) is 48.5 Å². The van der Waals surface area contributed by atoms with Crippen molar-refractivity contribution in [2.45, 2.75) is 0 Å². The van der Waals surface area contributed by atoms with Crippen LogP contribution < -0.4 is 0 Å². The fraction of sp³-hybridized carbons (Fsp3) is 0. The van der Waals surface area contributed by atoms with Gasteiger partial charge in [-0.3, -0.25) is 0 Å². The molecule has 0 aliphatic heterocycles. The van der Waals surface area contributed by atoms with Crippen LogP contribution in [0.5, 0.6) is 0 Å². The maximum Gasteiger partial charge on any atom is 0.231 e. The Morgan fingerprint density at radius 2 is 0.941 bits per heavy atom. The van der Waals surface area contributed by atoms with E-state index < -0.39 is 0 Å². The van der Waals surface area contributed by atoms with Crippen LogP contribution in [0, 0.1) is 0 Å². The summed E-state index contributed by atoms with van der Waals surface area (Å²) in [4.78, 5) is 10.0. The number of hydrogen-bond acceptors (Lipinski definition) is 3. The monoisotopic (exact) mass is 652 g/mol. The molecule has 0 atom stereocenters. The molecule has 5 heteroatoms. The molecule has 0 bridgehead atoms. The van der Waals surface area contributed by atoms with Crippen molar-refractivity contribution in [1.82, 2.24) is 19.1 Å². The lowest BCUT2D eigenvalue weighted by Crippen LogP contribution is -1.97. The number of aromatic nitrogens is 4. The molecule has 51 heavy (non-hydrogen) atoms. The molecule has 0 saturated heterocycles. The molecule has 7 aromatic carbocycles. The first-order valence-corrected chi connectivity index (χ1v) is 17.2. The largest absolute Gasteiger partial charge is 0.438 e. The number of fused-ring (bicyclic) bond motifs is 9. The molecule has 0 saturated carbocycles. The summed E-state index contributed by atoms with van der Waals surface area (Å²) in [6.07, 6.45) is 0. The fourth-order valence-electron chi connectivity index (χ4n) is 7.88. The third kappa shape index (κ3) is 4.15. The maximum absolute atomic E-state index is 6.30. The third-order valence-corrected chi connectivity index (χ3v) is 10.2. The molecule has 0 amide bonds. The summed E-state index contributed by atoms with van der Waals surface area (Å²) in [5, 5.41) is 6.88. The van der Waals surface area contributed by atoms with E-state index in [1.54, 1.807) is 0 Å². The highest BCUT2D eigenvalue weighted by molar-refractivity contribution is 6.19. The minimum atomic E-state index is 0.587. The highest BCUT2D eigenvalue weighted by Gasteiger charge is 2.20. The first kappa shape index (κ1) is 27.9. The number of furan rings is 1. The second-order valence-corrected chi connectivity index (χ2v) is 13.0. The van der Waals surface area contributed by atoms with E-state index in [0.29, 0.717) is 11.5 Å². The number of rotatable bonds is 4. The minimum Gasteiger partial charge on any atom is -0.438 e. The highest BCUT2D eigenvalue weighted by Crippen LogP contribution is 2.41. The van der Waals surface area contributed by atoms with Crippen LogP contribution in [0.2, 0.25) is 0 Å². The van der Waals surface area contributed by atoms with Crippen molar-refractivity contribution in [2.75, 3.05) is 0 Å². The standard InChI is InChI=1S/C46H28N4O/c1-3-13-30(14-4-1)45-47-44(43-35-19-9-12-22-42(35)51-46(43)48-45)29-23-25-32(26-24-29)50-39-21-11-8-18-34(39)37-27-36-33-17-7-10-20-38(33)49(40(36)28-41(37)50)31-15-5-2-6-16-31/h1-28H. The second kappa shape index (κ2) is 10.8. The number of benzene rings is 7. The Balaban J connectivity index is 1.15. The molecule has 0 aliphatic rings. The number of nitrogens with zero attached hydrogens (tertiary/aromatic N) is 4. The summed E-state index contributed by atoms with van der Waals surface area (Å²) in [7, 11) is 0. The fourth-order valence-corrected chi connectivity index (χ4v) is 7.88. The Bertz CT molecular complexity index is 3120. The molecule has 4 aromatic heterocycles. The van der Waals surface area contributed by atoms with Gasteiger partial charge >= 0.3 is 0 Å². The molecular weight excluding hydrogens is 625 g/mol. The van der Waals surface area contributed by atoms with Gasteiger partial charge in [-0.25, -0.2) is 4.98 Å². The predicted molar refractivity (Wildman–Crippen MR) is 209 cm³/mol. The van der Waals surface area contributed by atoms with Gasteiger partial charge in [-0.15, -0.1) is 0 Å². The van der Waals surface area contributed by atoms with Crippen molar-refractivity contribution in [3.63, 3.8) is 0 Å². The van der Waals surface area contributed by atoms with Crippen molar-refractivity contribution < 1.29 is 4.42 Å². The van der Waals surface area contributed by atoms with Crippen LogP contribution in [0.15, 0.2) is 174 Å². The van der Waals surface area contributed by atoms with E-state index >= 15 is 0 Å². The van der Waals surface area contributed by atoms with Gasteiger partial charge in [0.25, 0.3) is 0 Å². The Kier molecular flexibility index (Phi) is 5.89. The molecule has 11 rings (SSSR count). The molecule has 0 aliphatic carbocycles. The van der Waals surface area contributed by atoms with Gasteiger partial charge in [-0.2, -0.15) is 4.98 Å². The van der Waals surface area contributed by atoms with Gasteiger partial charge < -0.3 is 13.6 Å². The first-order valence-electron chi connectivity index (χ1n) is 17.2. The van der Waals surface area contributed by atoms with Crippen molar-refractivity contribution >= 4 is 65.7 Å². The molecule has 238 valence electrons. The average molecular weight is 653 g/mol. The van der Waals surface area contributed by atoms with Crippen LogP contribution in [0.4, 0.5) is 0 Å². The van der Waals surface area contributed by atoms with Crippen molar-refractivity contribution in [2.24, 2.45) is 0 Å². The number of para-hydroxylation sites is 4. The van der Waals surface area contributed by atoms with E-state index in [2.05, 4.69) is 130 Å². The normalized spacial score (nSPS) is 11.9. The van der Waals surface area contributed by atoms with Gasteiger partial charge in [0, 0.05) is 49.4 Å². The zero-order valence-corrected chi connectivity index (χ0v) is 27.4. The predicted octanol–water partition coefficient (Wildman–Crippen LogP) is 11.9. The summed E-state index contributed by atoms with van der Waals surface area (Å²) in [6, 6.07) is 59.7. The molecule has 0 N–H and O–H groups in total. The molecule has 4 heterocycles. The van der Waals surface area contributed by atoms with Gasteiger partial charge in [0.15, 0.2) is 5.82 Å². The molecule has 0 fully saturated rings. The summed E-state index contributed by atoms with van der Waals surface area (Å²) < 4.78 is 11.1. The zero-order chi connectivity index (χ0) is 33.5. The van der Waals surface area contributed by atoms with Crippen LogP contribution in [0.3, 0.4) is 0 Å². The lowest BCUT2D eigenvalue weighted by atomic mass is 10.0. The Morgan fingerprint density at radius 1 is 0.392 bits per heavy atom. The second-order valence-electron chi connectivity index (χ2n) is 13.0. The van der Waals surface area contributed by atoms with Crippen LogP contribution in [-0.2, 0) is 0 Å². The highest BCUT2D eigenvalue weighted by atomic mass is 16.3. The smallest absolute Gasteiger partial charge is 0.231 e. The lowest BCUT2D eigenvalue weighted by molar-refractivity contribution is 0.653. The maximum atomic E-state index is 6.30. The summed E-state index contributed by atoms with van der Waals surface area (Å²) >= 11 is 0. The van der Waals surface area contributed by atoms with E-state index in [1.165, 1.54) is 38.1 Å². The van der Waals surface area contributed by atoms with Crippen LogP contribution in [0.25, 0.3) is 99.7 Å². The van der Waals surface area contributed by atoms with E-state index in [0.717, 1.165) is 50.1 Å². The van der Waals surface area contributed by atoms with E-state index in [9.17, 15) is 0 Å². The third-order valence-electron chi connectivity index (χ3n) is 10.2. The molecule has 11 aromatic rings. The van der Waals surface area contributed by atoms with Gasteiger partial charge in [-0.05, 0) is 54.6 Å². The van der Waals surface area contributed by atoms with Gasteiger partial charge in [0.2, 0.25) is 5.71 Å². The first-order chi connectivity index (χ1) is 25.3. The molecular formula is C46H28N4O. The Morgan fingerprint density at radius 3 is 1.61 bits per heavy atom. The van der Waals surface area contributed by atoms with Crippen LogP contribution >= 0.6 is 0 Å². The lowest BCUT2D eigenvalue weighted by Gasteiger charge is -2.11. The molecule has 0 radical (unpaired) electrons. The van der Waals surface area contributed by atoms with Gasteiger partial charge in [0.1, 0.15) is 5.58 Å². The number of hydrogen-bond donors (Lipinski definition) is 0. The molecule has 5 nitrogen and oxygen atoms in total. The SMILES string of the molecule is c1ccc(-c2nc(-c3ccc(-n4c5ccccc5c5cc6c7ccccc7n(-c7ccccc7)c6cc54)cc3)c3c(n2)oc2ccccc23)cc1. The van der Waals surface area contributed by atoms with Crippen molar-refractivity contribution in [3.8, 4) is 34.0 Å². The summed E-state index contributed by atoms with van der Waals surface area (Å²) in [6.45, 7) is 0. The summed E-state index contributed by atoms with van der Waals surface area (Å²) in [5.41, 5.74) is 11.1. The van der Waals surface area contributed by atoms with Gasteiger partial charge in [0.05, 0.1) is 33.1 Å². The van der Waals surface area contributed by atoms with Crippen LogP contribution in [-0.4, -0.2) is 19.1 Å². The van der Waals surface area contributed by atoms with Crippen LogP contribution in [0.1, 0.15) is 0 Å². The average Bonchev–Trinajstić information content (AvgIpc) is 3.85. The molecule has 0 unspecified atom stereocenters. The molecule has 0 spiro atoms. The quantitative estimate of drug-likeness (QED) is 0.190. The minimum absolute atomic E-state index is 0.587. The van der Waals surface area contributed by atoms with Gasteiger partial charge in [-0.1, -0.05) is 115 Å². The van der Waals surface area contributed by atoms with E-state index in [-0.39, 0.29) is 0 Å². The van der Waals surface area contributed by atoms with E-state index in [4.69, 9.17) is 14.4 Å². The van der Waals surface area contributed by atoms with Crippen molar-refractivity contribution in [1.29, 1.82) is 0 Å². The Labute approximate surface area is 292 Å². The Hall–Kier alpha value is -6.98. The topological polar surface area (TPSA) is 48.8 Å². The summed E-state index contributed by atoms with van der Waals surface area (Å²) in [5.74, 6) is 0.640.